The number of carbonyl (C=O) groups is 2. The predicted octanol–water partition coefficient (Wildman–Crippen LogP) is 37.6. The van der Waals surface area contributed by atoms with E-state index in [1.807, 2.05) is 27.7 Å². The standard InChI is InChI=1S/2C18H32.2C17H30.C11H16.2C7H16.C6H8O3.2C2H6.9CH4/c2*1-7-8-12-9-11(2)15-13-10-14(16(12)15)18(5,6)17(13,3)4;2*1-6-7-12-8-10(2)15-13-9-14(16(12)15)17(4,5)11(13)3;1-4-11(2,3)10-8-6-5-7-9-10;2*1-6(2)7(3,4)5;1-3-4(2)6(8)9-5(3)7;2*1-2;;;;;;;;;/h2*11-16H,7-10H2,1-6H3;2*10-16H,6-9H2,1-5H3;5-9H,4H2,1-3H3;2*6H,1-5H3;3-4H,1-2H3;2*1-2H3;9*1H4. The van der Waals surface area contributed by atoms with Gasteiger partial charge in [-0.15, -0.1) is 0 Å². The zero-order chi connectivity index (χ0) is 82.8. The van der Waals surface area contributed by atoms with E-state index in [4.69, 9.17) is 0 Å². The zero-order valence-electron chi connectivity index (χ0n) is 80.5. The number of carbonyl (C=O) groups excluding carboxylic acids is 2. The molecule has 28 atom stereocenters. The molecule has 702 valence electrons. The van der Waals surface area contributed by atoms with Gasteiger partial charge in [0.2, 0.25) is 0 Å². The number of benzene rings is 1. The molecule has 0 radical (unpaired) electrons. The first-order chi connectivity index (χ1) is 49.8. The van der Waals surface area contributed by atoms with Gasteiger partial charge in [0.1, 0.15) is 0 Å². The fourth-order valence-corrected chi connectivity index (χ4v) is 27.4. The van der Waals surface area contributed by atoms with Gasteiger partial charge in [0.25, 0.3) is 0 Å². The Bertz CT molecular complexity index is 2690. The predicted molar refractivity (Wildman–Crippen MR) is 535 cm³/mol. The summed E-state index contributed by atoms with van der Waals surface area (Å²) in [5.74, 6) is 27.5. The molecule has 12 saturated carbocycles. The van der Waals surface area contributed by atoms with Crippen LogP contribution in [0.15, 0.2) is 30.3 Å². The average Bonchev–Trinajstić information content (AvgIpc) is 1.53. The highest BCUT2D eigenvalue weighted by Gasteiger charge is 2.71. The summed E-state index contributed by atoms with van der Waals surface area (Å²) in [5, 5.41) is 0. The van der Waals surface area contributed by atoms with Gasteiger partial charge in [0.05, 0.1) is 11.8 Å². The quantitative estimate of drug-likeness (QED) is 0.173. The number of fused-ring (bicyclic) bond motifs is 20. The van der Waals surface area contributed by atoms with Gasteiger partial charge in [0, 0.05) is 0 Å². The summed E-state index contributed by atoms with van der Waals surface area (Å²) in [6.07, 6.45) is 25.1. The lowest BCUT2D eigenvalue weighted by Gasteiger charge is -2.52. The first-order valence-electron chi connectivity index (χ1n) is 47.6. The van der Waals surface area contributed by atoms with E-state index in [1.54, 1.807) is 52.4 Å². The molecule has 1 heterocycles. The smallest absolute Gasteiger partial charge is 0.317 e. The van der Waals surface area contributed by atoms with Crippen LogP contribution in [0.5, 0.6) is 0 Å². The summed E-state index contributed by atoms with van der Waals surface area (Å²) in [4.78, 5) is 21.1. The molecular weight excluding hydrogens is 1420 g/mol. The summed E-state index contributed by atoms with van der Waals surface area (Å²) in [6.45, 7) is 96.3. The second-order valence-corrected chi connectivity index (χ2v) is 46.6. The van der Waals surface area contributed by atoms with Gasteiger partial charge in [0.15, 0.2) is 0 Å². The van der Waals surface area contributed by atoms with Gasteiger partial charge < -0.3 is 4.74 Å². The summed E-state index contributed by atoms with van der Waals surface area (Å²) in [5.41, 5.74) is 6.28. The van der Waals surface area contributed by atoms with Crippen molar-refractivity contribution < 1.29 is 14.3 Å². The van der Waals surface area contributed by atoms with Crippen LogP contribution in [0, 0.1) is 221 Å². The van der Waals surface area contributed by atoms with E-state index in [0.717, 1.165) is 166 Å². The third kappa shape index (κ3) is 24.8. The first-order valence-corrected chi connectivity index (χ1v) is 47.6. The number of ether oxygens (including phenoxy) is 1. The highest BCUT2D eigenvalue weighted by atomic mass is 16.6. The van der Waals surface area contributed by atoms with Crippen LogP contribution in [-0.4, -0.2) is 11.9 Å². The summed E-state index contributed by atoms with van der Waals surface area (Å²) >= 11 is 0. The van der Waals surface area contributed by atoms with Gasteiger partial charge in [-0.2, -0.15) is 0 Å². The topological polar surface area (TPSA) is 43.4 Å². The number of cyclic esters (lactones) is 2. The van der Waals surface area contributed by atoms with Crippen molar-refractivity contribution in [3.05, 3.63) is 35.9 Å². The van der Waals surface area contributed by atoms with Crippen LogP contribution < -0.4 is 0 Å². The van der Waals surface area contributed by atoms with Crippen molar-refractivity contribution in [1.82, 2.24) is 0 Å². The number of rotatable bonds is 10. The van der Waals surface area contributed by atoms with Gasteiger partial charge >= 0.3 is 11.9 Å². The molecule has 1 aromatic rings. The molecule has 1 aliphatic heterocycles. The molecule has 0 aromatic heterocycles. The maximum atomic E-state index is 10.6. The van der Waals surface area contributed by atoms with Crippen molar-refractivity contribution in [3.63, 3.8) is 0 Å². The largest absolute Gasteiger partial charge is 0.393 e. The normalized spacial score (nSPS) is 37.4. The molecule has 8 bridgehead atoms. The molecule has 1 saturated heterocycles. The fourth-order valence-electron chi connectivity index (χ4n) is 27.4. The third-order valence-electron chi connectivity index (χ3n) is 37.9. The van der Waals surface area contributed by atoms with Gasteiger partial charge in [-0.3, -0.25) is 9.59 Å². The number of esters is 2. The molecule has 0 amide bonds. The van der Waals surface area contributed by atoms with Crippen molar-refractivity contribution >= 4 is 11.9 Å². The molecule has 13 fully saturated rings. The summed E-state index contributed by atoms with van der Waals surface area (Å²) in [7, 11) is 0. The lowest BCUT2D eigenvalue weighted by atomic mass is 9.53. The van der Waals surface area contributed by atoms with Crippen LogP contribution in [0.3, 0.4) is 0 Å². The lowest BCUT2D eigenvalue weighted by Crippen LogP contribution is -2.46. The first kappa shape index (κ1) is 124. The van der Waals surface area contributed by atoms with Crippen molar-refractivity contribution in [2.45, 2.75) is 465 Å². The molecule has 12 aliphatic carbocycles. The van der Waals surface area contributed by atoms with E-state index in [0.29, 0.717) is 48.7 Å². The molecule has 13 aliphatic rings. The molecule has 117 heavy (non-hydrogen) atoms. The van der Waals surface area contributed by atoms with Crippen LogP contribution in [0.4, 0.5) is 0 Å². The molecule has 3 nitrogen and oxygen atoms in total. The second kappa shape index (κ2) is 48.3. The van der Waals surface area contributed by atoms with E-state index in [9.17, 15) is 9.59 Å². The Labute approximate surface area is 743 Å². The van der Waals surface area contributed by atoms with E-state index >= 15 is 0 Å². The van der Waals surface area contributed by atoms with E-state index in [1.165, 1.54) is 76.2 Å². The highest BCUT2D eigenvalue weighted by molar-refractivity contribution is 5.95. The number of hydrogen-bond donors (Lipinski definition) is 0. The molecule has 14 rings (SSSR count). The van der Waals surface area contributed by atoms with Crippen LogP contribution in [0.1, 0.15) is 465 Å². The minimum Gasteiger partial charge on any atom is -0.393 e. The second-order valence-electron chi connectivity index (χ2n) is 46.6. The van der Waals surface area contributed by atoms with Crippen LogP contribution in [-0.2, 0) is 19.7 Å². The summed E-state index contributed by atoms with van der Waals surface area (Å²) < 4.78 is 4.31. The van der Waals surface area contributed by atoms with Crippen molar-refractivity contribution in [1.29, 1.82) is 0 Å². The Morgan fingerprint density at radius 2 is 0.564 bits per heavy atom. The van der Waals surface area contributed by atoms with E-state index < -0.39 is 11.9 Å². The van der Waals surface area contributed by atoms with E-state index in [2.05, 4.69) is 277 Å². The third-order valence-corrected chi connectivity index (χ3v) is 37.9. The molecule has 0 spiro atoms. The maximum absolute atomic E-state index is 10.6. The van der Waals surface area contributed by atoms with Crippen LogP contribution in [0.25, 0.3) is 0 Å². The lowest BCUT2D eigenvalue weighted by molar-refractivity contribution is -0.153. The highest BCUT2D eigenvalue weighted by Crippen LogP contribution is 2.78. The van der Waals surface area contributed by atoms with Gasteiger partial charge in [-0.05, 0) is 278 Å². The zero-order valence-corrected chi connectivity index (χ0v) is 80.5. The molecule has 28 unspecified atom stereocenters. The molecular formula is C114H228O3. The number of hydrogen-bond acceptors (Lipinski definition) is 3. The molecule has 0 N–H and O–H groups in total. The minimum absolute atomic E-state index is 0. The van der Waals surface area contributed by atoms with Crippen molar-refractivity contribution in [2.75, 3.05) is 0 Å². The van der Waals surface area contributed by atoms with Gasteiger partial charge in [-0.1, -0.05) is 432 Å². The summed E-state index contributed by atoms with van der Waals surface area (Å²) in [6, 6.07) is 10.7. The van der Waals surface area contributed by atoms with Crippen LogP contribution in [0.2, 0.25) is 0 Å². The molecule has 3 heteroatoms. The Balaban J connectivity index is -0.000000410. The fraction of sp³-hybridized carbons (Fsp3) is 0.930. The van der Waals surface area contributed by atoms with Gasteiger partial charge in [-0.25, -0.2) is 0 Å². The monoisotopic (exact) mass is 1650 g/mol. The Hall–Kier alpha value is -1.64. The molecule has 1 aromatic carbocycles. The SMILES string of the molecule is C.C.C.C.C.C.C.C.C.CC.CC.CC(C)C(C)(C)C.CC(C)C(C)(C)C.CC1C(=O)OC(=O)C1C.CCC(C)(C)c1ccccc1.CCCC1CC(C)C2C1C1CC2C(C)(C)C1(C)C.CCCC1CC(C)C2C1C1CC2C(C)(C)C1(C)C.CCCC1CC(C)C2C3CC(C12)C(C)(C)C3C.CCCC1CC(C)C2C3CC(C12)C(C)(C)C3C. The Kier molecular flexibility index (Phi) is 51.2. The Morgan fingerprint density at radius 1 is 0.342 bits per heavy atom. The maximum Gasteiger partial charge on any atom is 0.317 e. The Morgan fingerprint density at radius 3 is 0.769 bits per heavy atom. The van der Waals surface area contributed by atoms with Crippen molar-refractivity contribution in [2.24, 2.45) is 221 Å². The van der Waals surface area contributed by atoms with Crippen LogP contribution >= 0.6 is 0 Å². The van der Waals surface area contributed by atoms with E-state index in [-0.39, 0.29) is 78.7 Å². The minimum atomic E-state index is -0.396. The average molecular weight is 1650 g/mol. The van der Waals surface area contributed by atoms with Crippen molar-refractivity contribution in [3.8, 4) is 0 Å².